The molecule has 6 heteroatoms. The molecule has 3 heterocycles. The Morgan fingerprint density at radius 3 is 2.31 bits per heavy atom. The molecule has 0 radical (unpaired) electrons. The lowest BCUT2D eigenvalue weighted by atomic mass is 9.78. The van der Waals surface area contributed by atoms with Crippen LogP contribution in [-0.2, 0) is 35.2 Å². The number of benzene rings is 1. The molecule has 1 aromatic heterocycles. The third-order valence-electron chi connectivity index (χ3n) is 7.97. The maximum absolute atomic E-state index is 13.3. The molecule has 3 aliphatic rings. The maximum atomic E-state index is 13.3. The predicted molar refractivity (Wildman–Crippen MR) is 127 cm³/mol. The number of carbonyl (C=O) groups is 1. The number of aromatic nitrogens is 1. The van der Waals surface area contributed by atoms with Crippen molar-refractivity contribution in [3.63, 3.8) is 0 Å². The Balaban J connectivity index is 1.32. The van der Waals surface area contributed by atoms with Crippen LogP contribution in [0.2, 0.25) is 0 Å². The van der Waals surface area contributed by atoms with Crippen molar-refractivity contribution in [2.45, 2.75) is 85.6 Å². The van der Waals surface area contributed by atoms with Crippen LogP contribution >= 0.6 is 0 Å². The molecule has 0 saturated carbocycles. The van der Waals surface area contributed by atoms with Gasteiger partial charge >= 0.3 is 7.12 Å². The fraction of sp³-hybridized carbons (Fsp3) is 0.577. The van der Waals surface area contributed by atoms with E-state index in [1.807, 2.05) is 4.90 Å². The highest BCUT2D eigenvalue weighted by molar-refractivity contribution is 6.62. The van der Waals surface area contributed by atoms with Gasteiger partial charge in [0.15, 0.2) is 0 Å². The number of aryl methyl sites for hydroxylation is 1. The molecule has 5 rings (SSSR count). The molecule has 2 aromatic rings. The van der Waals surface area contributed by atoms with Gasteiger partial charge in [-0.3, -0.25) is 4.79 Å². The molecule has 1 amide bonds. The van der Waals surface area contributed by atoms with Crippen molar-refractivity contribution >= 4 is 18.5 Å². The molecule has 32 heavy (non-hydrogen) atoms. The molecule has 2 aliphatic heterocycles. The zero-order valence-corrected chi connectivity index (χ0v) is 20.5. The summed E-state index contributed by atoms with van der Waals surface area (Å²) in [5, 5.41) is 0. The quantitative estimate of drug-likeness (QED) is 0.689. The summed E-state index contributed by atoms with van der Waals surface area (Å²) in [6.45, 7) is 17.3. The lowest BCUT2D eigenvalue weighted by Crippen LogP contribution is -2.41. The Hall–Kier alpha value is -2.05. The molecule has 0 bridgehead atoms. The van der Waals surface area contributed by atoms with Gasteiger partial charge in [0.25, 0.3) is 5.91 Å². The summed E-state index contributed by atoms with van der Waals surface area (Å²) in [6.07, 6.45) is 2.13. The minimum absolute atomic E-state index is 0.151. The minimum Gasteiger partial charge on any atom is -0.399 e. The van der Waals surface area contributed by atoms with E-state index in [2.05, 4.69) is 77.3 Å². The topological polar surface area (TPSA) is 43.7 Å². The van der Waals surface area contributed by atoms with Crippen LogP contribution in [0.1, 0.15) is 74.4 Å². The third-order valence-corrected chi connectivity index (χ3v) is 7.97. The first-order chi connectivity index (χ1) is 14.9. The van der Waals surface area contributed by atoms with Gasteiger partial charge in [0.2, 0.25) is 0 Å². The average Bonchev–Trinajstić information content (AvgIpc) is 3.24. The second-order valence-electron chi connectivity index (χ2n) is 11.7. The lowest BCUT2D eigenvalue weighted by molar-refractivity contribution is 0.00578. The summed E-state index contributed by atoms with van der Waals surface area (Å²) >= 11 is 0. The van der Waals surface area contributed by atoms with Crippen LogP contribution in [0, 0.1) is 12.3 Å². The van der Waals surface area contributed by atoms with E-state index in [0.29, 0.717) is 12.0 Å². The van der Waals surface area contributed by atoms with E-state index in [4.69, 9.17) is 9.31 Å². The van der Waals surface area contributed by atoms with Gasteiger partial charge in [0.1, 0.15) is 5.69 Å². The SMILES string of the molecule is Cc1cc(B2OC(C)(C)C(C)(C)O2)ccc1CN1CCn2c(cc3c2CC(C)(C)C3)C1=O. The van der Waals surface area contributed by atoms with Crippen molar-refractivity contribution in [2.75, 3.05) is 6.54 Å². The van der Waals surface area contributed by atoms with Crippen LogP contribution in [0.15, 0.2) is 24.3 Å². The highest BCUT2D eigenvalue weighted by Crippen LogP contribution is 2.39. The summed E-state index contributed by atoms with van der Waals surface area (Å²) in [5.41, 5.74) is 6.57. The van der Waals surface area contributed by atoms with Gasteiger partial charge < -0.3 is 18.8 Å². The number of rotatable bonds is 3. The van der Waals surface area contributed by atoms with E-state index in [1.165, 1.54) is 16.8 Å². The zero-order chi connectivity index (χ0) is 23.1. The van der Waals surface area contributed by atoms with Crippen LogP contribution in [0.25, 0.3) is 0 Å². The highest BCUT2D eigenvalue weighted by atomic mass is 16.7. The molecule has 0 unspecified atom stereocenters. The number of hydrogen-bond acceptors (Lipinski definition) is 3. The van der Waals surface area contributed by atoms with Crippen molar-refractivity contribution in [3.8, 4) is 0 Å². The van der Waals surface area contributed by atoms with Crippen molar-refractivity contribution < 1.29 is 14.1 Å². The molecule has 0 spiro atoms. The van der Waals surface area contributed by atoms with Crippen LogP contribution in [0.3, 0.4) is 0 Å². The third kappa shape index (κ3) is 3.43. The summed E-state index contributed by atoms with van der Waals surface area (Å²) < 4.78 is 14.7. The van der Waals surface area contributed by atoms with Gasteiger partial charge in [-0.05, 0) is 81.1 Å². The molecular weight excluding hydrogens is 399 g/mol. The highest BCUT2D eigenvalue weighted by Gasteiger charge is 2.51. The van der Waals surface area contributed by atoms with E-state index in [1.54, 1.807) is 0 Å². The fourth-order valence-corrected chi connectivity index (χ4v) is 5.33. The Bertz CT molecular complexity index is 1080. The van der Waals surface area contributed by atoms with Crippen molar-refractivity contribution in [2.24, 2.45) is 5.41 Å². The maximum Gasteiger partial charge on any atom is 0.494 e. The predicted octanol–water partition coefficient (Wildman–Crippen LogP) is 3.88. The second-order valence-corrected chi connectivity index (χ2v) is 11.7. The normalized spacial score (nSPS) is 22.9. The smallest absolute Gasteiger partial charge is 0.399 e. The number of hydrogen-bond donors (Lipinski definition) is 0. The Labute approximate surface area is 192 Å². The van der Waals surface area contributed by atoms with Crippen molar-refractivity contribution in [3.05, 3.63) is 52.3 Å². The Morgan fingerprint density at radius 2 is 1.66 bits per heavy atom. The van der Waals surface area contributed by atoms with E-state index in [-0.39, 0.29) is 24.2 Å². The standard InChI is InChI=1S/C26H35BN2O3/c1-17-12-20(27-31-25(4,5)26(6,7)32-27)9-8-18(17)16-28-10-11-29-21(23(28)30)13-19-14-24(2,3)15-22(19)29/h8-9,12-13H,10-11,14-16H2,1-7H3. The van der Waals surface area contributed by atoms with Crippen LogP contribution in [-0.4, -0.2) is 40.2 Å². The molecular formula is C26H35BN2O3. The second kappa shape index (κ2) is 6.98. The van der Waals surface area contributed by atoms with Gasteiger partial charge in [-0.15, -0.1) is 0 Å². The fourth-order valence-electron chi connectivity index (χ4n) is 5.33. The minimum atomic E-state index is -0.362. The largest absolute Gasteiger partial charge is 0.494 e. The molecule has 1 aliphatic carbocycles. The van der Waals surface area contributed by atoms with Crippen molar-refractivity contribution in [1.82, 2.24) is 9.47 Å². The van der Waals surface area contributed by atoms with E-state index >= 15 is 0 Å². The van der Waals surface area contributed by atoms with Crippen LogP contribution < -0.4 is 5.46 Å². The number of carbonyl (C=O) groups excluding carboxylic acids is 1. The first-order valence-corrected chi connectivity index (χ1v) is 11.8. The average molecular weight is 434 g/mol. The lowest BCUT2D eigenvalue weighted by Gasteiger charge is -2.32. The number of amides is 1. The summed E-state index contributed by atoms with van der Waals surface area (Å²) in [6, 6.07) is 8.50. The molecule has 1 saturated heterocycles. The summed E-state index contributed by atoms with van der Waals surface area (Å²) in [4.78, 5) is 15.3. The summed E-state index contributed by atoms with van der Waals surface area (Å²) in [5.74, 6) is 0.151. The number of nitrogens with zero attached hydrogens (tertiary/aromatic N) is 2. The molecule has 5 nitrogen and oxygen atoms in total. The van der Waals surface area contributed by atoms with Crippen molar-refractivity contribution in [1.29, 1.82) is 0 Å². The Morgan fingerprint density at radius 1 is 0.969 bits per heavy atom. The van der Waals surface area contributed by atoms with E-state index in [0.717, 1.165) is 42.7 Å². The molecule has 1 fully saturated rings. The zero-order valence-electron chi connectivity index (χ0n) is 20.5. The van der Waals surface area contributed by atoms with Crippen LogP contribution in [0.4, 0.5) is 0 Å². The Kier molecular flexibility index (Phi) is 4.75. The van der Waals surface area contributed by atoms with Gasteiger partial charge in [0, 0.05) is 25.3 Å². The van der Waals surface area contributed by atoms with Gasteiger partial charge in [0.05, 0.1) is 11.2 Å². The molecule has 0 N–H and O–H groups in total. The van der Waals surface area contributed by atoms with Gasteiger partial charge in [-0.1, -0.05) is 32.0 Å². The monoisotopic (exact) mass is 434 g/mol. The molecule has 1 aromatic carbocycles. The van der Waals surface area contributed by atoms with Crippen LogP contribution in [0.5, 0.6) is 0 Å². The number of fused-ring (bicyclic) bond motifs is 3. The molecule has 170 valence electrons. The van der Waals surface area contributed by atoms with E-state index < -0.39 is 0 Å². The first-order valence-electron chi connectivity index (χ1n) is 11.8. The van der Waals surface area contributed by atoms with Gasteiger partial charge in [-0.2, -0.15) is 0 Å². The molecule has 0 atom stereocenters. The summed E-state index contributed by atoms with van der Waals surface area (Å²) in [7, 11) is -0.362. The van der Waals surface area contributed by atoms with Gasteiger partial charge in [-0.25, -0.2) is 0 Å². The van der Waals surface area contributed by atoms with E-state index in [9.17, 15) is 4.79 Å². The first kappa shape index (κ1) is 21.8.